The first-order valence-corrected chi connectivity index (χ1v) is 5.89. The van der Waals surface area contributed by atoms with Gasteiger partial charge in [-0.2, -0.15) is 0 Å². The Morgan fingerprint density at radius 2 is 2.06 bits per heavy atom. The van der Waals surface area contributed by atoms with Crippen molar-refractivity contribution in [2.75, 3.05) is 7.11 Å². The number of aromatic nitrogens is 1. The van der Waals surface area contributed by atoms with Crippen LogP contribution in [0, 0.1) is 6.92 Å². The molecule has 0 radical (unpaired) electrons. The molecule has 1 aromatic heterocycles. The maximum atomic E-state index is 5.27. The van der Waals surface area contributed by atoms with Crippen molar-refractivity contribution in [1.82, 2.24) is 4.57 Å². The van der Waals surface area contributed by atoms with Crippen molar-refractivity contribution in [3.63, 3.8) is 0 Å². The normalized spacial score (nSPS) is 11.8. The third-order valence-corrected chi connectivity index (χ3v) is 3.49. The first kappa shape index (κ1) is 11.0. The number of rotatable bonds is 2. The molecule has 0 aliphatic rings. The number of aryl methyl sites for hydroxylation is 1. The van der Waals surface area contributed by atoms with E-state index in [0.29, 0.717) is 0 Å². The van der Waals surface area contributed by atoms with Crippen LogP contribution >= 0.6 is 11.3 Å². The highest BCUT2D eigenvalue weighted by Crippen LogP contribution is 2.25. The maximum Gasteiger partial charge on any atom is 0.189 e. The zero-order valence-electron chi connectivity index (χ0n) is 9.60. The van der Waals surface area contributed by atoms with E-state index in [1.54, 1.807) is 18.4 Å². The van der Waals surface area contributed by atoms with Gasteiger partial charge in [-0.25, -0.2) is 4.99 Å². The summed E-state index contributed by atoms with van der Waals surface area (Å²) in [6.07, 6.45) is 0. The second-order valence-electron chi connectivity index (χ2n) is 3.50. The molecule has 16 heavy (non-hydrogen) atoms. The number of thiazole rings is 1. The molecule has 1 heterocycles. The molecule has 0 saturated heterocycles. The van der Waals surface area contributed by atoms with Crippen LogP contribution in [-0.2, 0) is 7.05 Å². The Morgan fingerprint density at radius 3 is 2.69 bits per heavy atom. The number of nitrogens with zero attached hydrogens (tertiary/aromatic N) is 2. The standard InChI is InChI=1S/C12H14N2OS/c1-9-8-16-12(14(9)2)13-10-6-4-5-7-11(10)15-3/h4-8H,1-3H3. The lowest BCUT2D eigenvalue weighted by molar-refractivity contribution is 0.416. The van der Waals surface area contributed by atoms with Gasteiger partial charge in [0.2, 0.25) is 0 Å². The zero-order valence-corrected chi connectivity index (χ0v) is 10.4. The molecule has 0 atom stereocenters. The van der Waals surface area contributed by atoms with Gasteiger partial charge >= 0.3 is 0 Å². The van der Waals surface area contributed by atoms with E-state index in [0.717, 1.165) is 16.2 Å². The van der Waals surface area contributed by atoms with Crippen molar-refractivity contribution in [2.45, 2.75) is 6.92 Å². The zero-order chi connectivity index (χ0) is 11.5. The summed E-state index contributed by atoms with van der Waals surface area (Å²) in [6.45, 7) is 2.07. The first-order valence-electron chi connectivity index (χ1n) is 5.01. The fraction of sp³-hybridized carbons (Fsp3) is 0.250. The Kier molecular flexibility index (Phi) is 3.10. The number of hydrogen-bond acceptors (Lipinski definition) is 3. The van der Waals surface area contributed by atoms with E-state index in [1.807, 2.05) is 31.3 Å². The van der Waals surface area contributed by atoms with Crippen molar-refractivity contribution in [3.05, 3.63) is 40.1 Å². The molecule has 1 aromatic carbocycles. The van der Waals surface area contributed by atoms with Crippen LogP contribution in [0.4, 0.5) is 5.69 Å². The topological polar surface area (TPSA) is 26.5 Å². The summed E-state index contributed by atoms with van der Waals surface area (Å²) in [5, 5.41) is 2.09. The van der Waals surface area contributed by atoms with E-state index in [4.69, 9.17) is 4.74 Å². The summed E-state index contributed by atoms with van der Waals surface area (Å²) in [7, 11) is 3.67. The summed E-state index contributed by atoms with van der Waals surface area (Å²) in [6, 6.07) is 7.77. The SMILES string of the molecule is COc1ccccc1N=c1scc(C)n1C. The minimum Gasteiger partial charge on any atom is -0.494 e. The lowest BCUT2D eigenvalue weighted by atomic mass is 10.3. The Bertz CT molecular complexity index is 554. The molecule has 84 valence electrons. The minimum atomic E-state index is 0.800. The van der Waals surface area contributed by atoms with E-state index in [2.05, 4.69) is 21.9 Å². The van der Waals surface area contributed by atoms with Gasteiger partial charge in [0.1, 0.15) is 11.4 Å². The predicted molar refractivity (Wildman–Crippen MR) is 66.2 cm³/mol. The summed E-state index contributed by atoms with van der Waals surface area (Å²) < 4.78 is 7.33. The van der Waals surface area contributed by atoms with Crippen LogP contribution in [0.5, 0.6) is 5.75 Å². The molecule has 0 aliphatic heterocycles. The van der Waals surface area contributed by atoms with Gasteiger partial charge in [-0.3, -0.25) is 0 Å². The molecule has 3 nitrogen and oxygen atoms in total. The molecule has 0 bridgehead atoms. The van der Waals surface area contributed by atoms with E-state index >= 15 is 0 Å². The van der Waals surface area contributed by atoms with Gasteiger partial charge in [-0.15, -0.1) is 11.3 Å². The van der Waals surface area contributed by atoms with Crippen LogP contribution in [0.1, 0.15) is 5.69 Å². The van der Waals surface area contributed by atoms with Crippen LogP contribution in [0.15, 0.2) is 34.6 Å². The average Bonchev–Trinajstić information content (AvgIpc) is 2.62. The number of methoxy groups -OCH3 is 1. The smallest absolute Gasteiger partial charge is 0.189 e. The molecular formula is C12H14N2OS. The van der Waals surface area contributed by atoms with Crippen molar-refractivity contribution in [1.29, 1.82) is 0 Å². The monoisotopic (exact) mass is 234 g/mol. The quantitative estimate of drug-likeness (QED) is 0.784. The van der Waals surface area contributed by atoms with E-state index in [9.17, 15) is 0 Å². The molecule has 0 unspecified atom stereocenters. The molecule has 0 aliphatic carbocycles. The highest BCUT2D eigenvalue weighted by Gasteiger charge is 2.00. The minimum absolute atomic E-state index is 0.800. The van der Waals surface area contributed by atoms with Gasteiger partial charge in [-0.1, -0.05) is 12.1 Å². The van der Waals surface area contributed by atoms with Gasteiger partial charge in [0, 0.05) is 18.1 Å². The molecule has 0 fully saturated rings. The van der Waals surface area contributed by atoms with Crippen molar-refractivity contribution >= 4 is 17.0 Å². The lowest BCUT2D eigenvalue weighted by Crippen LogP contribution is -2.10. The Balaban J connectivity index is 2.54. The van der Waals surface area contributed by atoms with Crippen LogP contribution in [0.3, 0.4) is 0 Å². The van der Waals surface area contributed by atoms with E-state index in [1.165, 1.54) is 5.69 Å². The third-order valence-electron chi connectivity index (χ3n) is 2.45. The molecule has 0 saturated carbocycles. The summed E-state index contributed by atoms with van der Waals surface area (Å²) >= 11 is 1.63. The Hall–Kier alpha value is -1.55. The van der Waals surface area contributed by atoms with Gasteiger partial charge in [0.25, 0.3) is 0 Å². The van der Waals surface area contributed by atoms with Gasteiger partial charge in [-0.05, 0) is 19.1 Å². The molecule has 2 rings (SSSR count). The Morgan fingerprint density at radius 1 is 1.31 bits per heavy atom. The van der Waals surface area contributed by atoms with Gasteiger partial charge < -0.3 is 9.30 Å². The highest BCUT2D eigenvalue weighted by atomic mass is 32.1. The van der Waals surface area contributed by atoms with Gasteiger partial charge in [0.05, 0.1) is 7.11 Å². The van der Waals surface area contributed by atoms with Crippen LogP contribution in [0.2, 0.25) is 0 Å². The van der Waals surface area contributed by atoms with Crippen LogP contribution < -0.4 is 9.54 Å². The molecule has 4 heteroatoms. The van der Waals surface area contributed by atoms with Gasteiger partial charge in [0.15, 0.2) is 4.80 Å². The van der Waals surface area contributed by atoms with E-state index in [-0.39, 0.29) is 0 Å². The number of para-hydroxylation sites is 2. The van der Waals surface area contributed by atoms with Crippen molar-refractivity contribution < 1.29 is 4.74 Å². The number of benzene rings is 1. The average molecular weight is 234 g/mol. The molecule has 2 aromatic rings. The number of hydrogen-bond donors (Lipinski definition) is 0. The summed E-state index contributed by atoms with van der Waals surface area (Å²) in [4.78, 5) is 5.56. The Labute approximate surface area is 98.7 Å². The second-order valence-corrected chi connectivity index (χ2v) is 4.34. The van der Waals surface area contributed by atoms with Crippen LogP contribution in [-0.4, -0.2) is 11.7 Å². The molecule has 0 amide bonds. The molecular weight excluding hydrogens is 220 g/mol. The van der Waals surface area contributed by atoms with Crippen LogP contribution in [0.25, 0.3) is 0 Å². The van der Waals surface area contributed by atoms with Crippen molar-refractivity contribution in [3.8, 4) is 5.75 Å². The summed E-state index contributed by atoms with van der Waals surface area (Å²) in [5.74, 6) is 0.800. The maximum absolute atomic E-state index is 5.27. The molecule has 0 N–H and O–H groups in total. The highest BCUT2D eigenvalue weighted by molar-refractivity contribution is 7.07. The third kappa shape index (κ3) is 2.02. The fourth-order valence-electron chi connectivity index (χ4n) is 1.37. The van der Waals surface area contributed by atoms with E-state index < -0.39 is 0 Å². The predicted octanol–water partition coefficient (Wildman–Crippen LogP) is 2.64. The number of ether oxygens (including phenoxy) is 1. The largest absolute Gasteiger partial charge is 0.494 e. The molecule has 0 spiro atoms. The lowest BCUT2D eigenvalue weighted by Gasteiger charge is -2.02. The van der Waals surface area contributed by atoms with Crippen molar-refractivity contribution in [2.24, 2.45) is 12.0 Å². The summed E-state index contributed by atoms with van der Waals surface area (Å²) in [5.41, 5.74) is 2.07. The fourth-order valence-corrected chi connectivity index (χ4v) is 2.26. The first-order chi connectivity index (χ1) is 7.72. The second kappa shape index (κ2) is 4.53.